The van der Waals surface area contributed by atoms with Crippen molar-refractivity contribution < 1.29 is 9.84 Å². The van der Waals surface area contributed by atoms with Crippen LogP contribution in [0.3, 0.4) is 0 Å². The number of nitrogens with zero attached hydrogens (tertiary/aromatic N) is 1. The van der Waals surface area contributed by atoms with Gasteiger partial charge in [0.2, 0.25) is 0 Å². The average Bonchev–Trinajstić information content (AvgIpc) is 2.81. The van der Waals surface area contributed by atoms with Crippen molar-refractivity contribution in [2.75, 3.05) is 25.2 Å². The van der Waals surface area contributed by atoms with Gasteiger partial charge in [-0.2, -0.15) is 0 Å². The Hall–Kier alpha value is -1.06. The summed E-state index contributed by atoms with van der Waals surface area (Å²) in [6, 6.07) is 8.55. The minimum atomic E-state index is -0.394. The molecule has 3 nitrogen and oxygen atoms in total. The van der Waals surface area contributed by atoms with Crippen molar-refractivity contribution in [3.63, 3.8) is 0 Å². The van der Waals surface area contributed by atoms with E-state index in [9.17, 15) is 5.11 Å². The molecule has 1 aromatic carbocycles. The van der Waals surface area contributed by atoms with Gasteiger partial charge in [-0.15, -0.1) is 0 Å². The largest absolute Gasteiger partial charge is 0.389 e. The molecule has 1 aliphatic rings. The van der Waals surface area contributed by atoms with E-state index in [4.69, 9.17) is 4.74 Å². The lowest BCUT2D eigenvalue weighted by Gasteiger charge is -2.25. The van der Waals surface area contributed by atoms with Crippen molar-refractivity contribution in [3.05, 3.63) is 29.8 Å². The number of hydrogen-bond acceptors (Lipinski definition) is 3. The van der Waals surface area contributed by atoms with Crippen LogP contribution in [-0.4, -0.2) is 31.4 Å². The van der Waals surface area contributed by atoms with Gasteiger partial charge in [-0.25, -0.2) is 0 Å². The second-order valence-corrected chi connectivity index (χ2v) is 4.40. The molecule has 0 amide bonds. The maximum Gasteiger partial charge on any atom is 0.0761 e. The summed E-state index contributed by atoms with van der Waals surface area (Å²) >= 11 is 0. The zero-order valence-corrected chi connectivity index (χ0v) is 9.89. The molecule has 1 aromatic rings. The van der Waals surface area contributed by atoms with Crippen molar-refractivity contribution in [2.45, 2.75) is 25.5 Å². The van der Waals surface area contributed by atoms with Crippen LogP contribution in [0.15, 0.2) is 24.3 Å². The van der Waals surface area contributed by atoms with E-state index in [1.54, 1.807) is 6.92 Å². The lowest BCUT2D eigenvalue weighted by molar-refractivity contribution is 0.193. The number of aliphatic hydroxyl groups is 1. The van der Waals surface area contributed by atoms with Crippen LogP contribution in [0, 0.1) is 0 Å². The summed E-state index contributed by atoms with van der Waals surface area (Å²) in [6.07, 6.45) is 0.698. The summed E-state index contributed by atoms with van der Waals surface area (Å²) in [7, 11) is 2.09. The van der Waals surface area contributed by atoms with Crippen molar-refractivity contribution >= 4 is 5.69 Å². The minimum absolute atomic E-state index is 0.394. The molecular formula is C13H19NO2. The fraction of sp³-hybridized carbons (Fsp3) is 0.538. The molecule has 0 saturated carbocycles. The number of aliphatic hydroxyl groups excluding tert-OH is 1. The van der Waals surface area contributed by atoms with Gasteiger partial charge in [0, 0.05) is 19.3 Å². The van der Waals surface area contributed by atoms with E-state index < -0.39 is 6.10 Å². The smallest absolute Gasteiger partial charge is 0.0761 e. The summed E-state index contributed by atoms with van der Waals surface area (Å²) in [6.45, 7) is 3.46. The third kappa shape index (κ3) is 2.36. The molecule has 3 heteroatoms. The number of anilines is 1. The summed E-state index contributed by atoms with van der Waals surface area (Å²) in [4.78, 5) is 2.25. The van der Waals surface area contributed by atoms with Gasteiger partial charge in [-0.05, 0) is 31.0 Å². The fourth-order valence-electron chi connectivity index (χ4n) is 2.03. The third-order valence-corrected chi connectivity index (χ3v) is 3.24. The van der Waals surface area contributed by atoms with E-state index in [2.05, 4.69) is 24.1 Å². The zero-order valence-electron chi connectivity index (χ0n) is 9.89. The van der Waals surface area contributed by atoms with Crippen LogP contribution in [0.25, 0.3) is 0 Å². The molecule has 1 N–H and O–H groups in total. The number of benzene rings is 1. The summed E-state index contributed by atoms with van der Waals surface area (Å²) in [5.74, 6) is 0. The van der Waals surface area contributed by atoms with Crippen LogP contribution in [0.4, 0.5) is 5.69 Å². The van der Waals surface area contributed by atoms with Crippen LogP contribution in [0.1, 0.15) is 25.0 Å². The minimum Gasteiger partial charge on any atom is -0.389 e. The number of likely N-dealkylation sites (N-methyl/N-ethyl adjacent to an activating group) is 1. The van der Waals surface area contributed by atoms with E-state index in [1.165, 1.54) is 5.69 Å². The van der Waals surface area contributed by atoms with Gasteiger partial charge in [0.05, 0.1) is 18.8 Å². The van der Waals surface area contributed by atoms with Crippen LogP contribution < -0.4 is 4.90 Å². The van der Waals surface area contributed by atoms with Crippen molar-refractivity contribution in [1.29, 1.82) is 0 Å². The summed E-state index contributed by atoms with van der Waals surface area (Å²) in [5, 5.41) is 9.43. The summed E-state index contributed by atoms with van der Waals surface area (Å²) in [5.41, 5.74) is 2.14. The predicted molar refractivity (Wildman–Crippen MR) is 64.7 cm³/mol. The Bertz CT molecular complexity index is 328. The Morgan fingerprint density at radius 1 is 1.38 bits per heavy atom. The zero-order chi connectivity index (χ0) is 11.5. The molecule has 1 saturated heterocycles. The highest BCUT2D eigenvalue weighted by Gasteiger charge is 2.20. The maximum absolute atomic E-state index is 9.43. The standard InChI is InChI=1S/C13H19NO2/c1-10(15)11-3-5-12(6-4-11)14(2)13-7-8-16-9-13/h3-6,10,13,15H,7-9H2,1-2H3/t10-,13?/m1/s1. The lowest BCUT2D eigenvalue weighted by Crippen LogP contribution is -2.31. The van der Waals surface area contributed by atoms with Crippen molar-refractivity contribution in [3.8, 4) is 0 Å². The molecule has 2 atom stereocenters. The Morgan fingerprint density at radius 2 is 2.06 bits per heavy atom. The SMILES string of the molecule is C[C@@H](O)c1ccc(N(C)C2CCOC2)cc1. The van der Waals surface area contributed by atoms with Crippen LogP contribution in [0.5, 0.6) is 0 Å². The van der Waals surface area contributed by atoms with E-state index in [0.717, 1.165) is 25.2 Å². The van der Waals surface area contributed by atoms with Gasteiger partial charge in [-0.3, -0.25) is 0 Å². The first-order valence-electron chi connectivity index (χ1n) is 5.77. The molecule has 0 bridgehead atoms. The highest BCUT2D eigenvalue weighted by molar-refractivity contribution is 5.48. The van der Waals surface area contributed by atoms with E-state index in [1.807, 2.05) is 12.1 Å². The first-order chi connectivity index (χ1) is 7.68. The Labute approximate surface area is 96.6 Å². The molecule has 16 heavy (non-hydrogen) atoms. The lowest BCUT2D eigenvalue weighted by atomic mass is 10.1. The maximum atomic E-state index is 9.43. The first-order valence-corrected chi connectivity index (χ1v) is 5.77. The Morgan fingerprint density at radius 3 is 2.56 bits per heavy atom. The molecule has 2 rings (SSSR count). The average molecular weight is 221 g/mol. The van der Waals surface area contributed by atoms with Gasteiger partial charge in [0.25, 0.3) is 0 Å². The molecule has 1 heterocycles. The van der Waals surface area contributed by atoms with Crippen LogP contribution >= 0.6 is 0 Å². The van der Waals surface area contributed by atoms with Gasteiger partial charge in [0.1, 0.15) is 0 Å². The van der Waals surface area contributed by atoms with Gasteiger partial charge >= 0.3 is 0 Å². The Balaban J connectivity index is 2.08. The van der Waals surface area contributed by atoms with Gasteiger partial charge in [0.15, 0.2) is 0 Å². The first kappa shape index (κ1) is 11.4. The highest BCUT2D eigenvalue weighted by Crippen LogP contribution is 2.22. The van der Waals surface area contributed by atoms with Crippen LogP contribution in [-0.2, 0) is 4.74 Å². The quantitative estimate of drug-likeness (QED) is 0.847. The molecule has 0 aromatic heterocycles. The second-order valence-electron chi connectivity index (χ2n) is 4.40. The monoisotopic (exact) mass is 221 g/mol. The van der Waals surface area contributed by atoms with Gasteiger partial charge in [-0.1, -0.05) is 12.1 Å². The fourth-order valence-corrected chi connectivity index (χ4v) is 2.03. The summed E-state index contributed by atoms with van der Waals surface area (Å²) < 4.78 is 5.38. The van der Waals surface area contributed by atoms with E-state index in [-0.39, 0.29) is 0 Å². The molecule has 1 unspecified atom stereocenters. The molecule has 1 aliphatic heterocycles. The highest BCUT2D eigenvalue weighted by atomic mass is 16.5. The molecule has 0 radical (unpaired) electrons. The number of rotatable bonds is 3. The molecule has 0 aliphatic carbocycles. The van der Waals surface area contributed by atoms with Crippen LogP contribution in [0.2, 0.25) is 0 Å². The molecule has 1 fully saturated rings. The van der Waals surface area contributed by atoms with E-state index in [0.29, 0.717) is 6.04 Å². The second kappa shape index (κ2) is 4.85. The van der Waals surface area contributed by atoms with Crippen molar-refractivity contribution in [1.82, 2.24) is 0 Å². The molecular weight excluding hydrogens is 202 g/mol. The van der Waals surface area contributed by atoms with E-state index >= 15 is 0 Å². The number of ether oxygens (including phenoxy) is 1. The predicted octanol–water partition coefficient (Wildman–Crippen LogP) is 1.97. The normalized spacial score (nSPS) is 22.1. The van der Waals surface area contributed by atoms with Crippen molar-refractivity contribution in [2.24, 2.45) is 0 Å². The topological polar surface area (TPSA) is 32.7 Å². The third-order valence-electron chi connectivity index (χ3n) is 3.24. The van der Waals surface area contributed by atoms with Gasteiger partial charge < -0.3 is 14.7 Å². The molecule has 0 spiro atoms. The number of hydrogen-bond donors (Lipinski definition) is 1. The molecule has 88 valence electrons. The Kier molecular flexibility index (Phi) is 3.46.